The van der Waals surface area contributed by atoms with Gasteiger partial charge in [0.15, 0.2) is 11.5 Å². The largest absolute Gasteiger partial charge is 0.464 e. The Kier molecular flexibility index (Phi) is 6.85. The summed E-state index contributed by atoms with van der Waals surface area (Å²) in [4.78, 5) is 31.9. The number of aryl methyl sites for hydroxylation is 1. The lowest BCUT2D eigenvalue weighted by molar-refractivity contribution is -0.138. The standard InChI is InChI=1S/C26H21N3O6S/c1-16-10-11-19-8-6-14-27-22(19)25(16)36(32,33)29-21-9-5-4-7-18(21)12-13-20-15-28-23(26(31)34-3)24(20)35-17(2)30/h4-11,14-15,20,29H,1-3H3/t20-/m1/s1. The van der Waals surface area contributed by atoms with Crippen molar-refractivity contribution in [2.75, 3.05) is 11.8 Å². The molecular weight excluding hydrogens is 482 g/mol. The molecular formula is C26H21N3O6S. The number of hydrogen-bond acceptors (Lipinski definition) is 8. The number of rotatable bonds is 5. The highest BCUT2D eigenvalue weighted by atomic mass is 32.2. The SMILES string of the molecule is COC(=O)C1=C(OC(C)=O)[C@H](C#Cc2ccccc2NS(=O)(=O)c2c(C)ccc3cccnc23)C=N1. The van der Waals surface area contributed by atoms with Crippen molar-refractivity contribution < 1.29 is 27.5 Å². The lowest BCUT2D eigenvalue weighted by Crippen LogP contribution is -2.16. The van der Waals surface area contributed by atoms with Gasteiger partial charge in [-0.1, -0.05) is 42.2 Å². The summed E-state index contributed by atoms with van der Waals surface area (Å²) in [5.41, 5.74) is 1.38. The molecule has 0 radical (unpaired) electrons. The molecule has 36 heavy (non-hydrogen) atoms. The van der Waals surface area contributed by atoms with Crippen molar-refractivity contribution in [3.63, 3.8) is 0 Å². The van der Waals surface area contributed by atoms with E-state index in [1.165, 1.54) is 20.2 Å². The Morgan fingerprint density at radius 2 is 1.86 bits per heavy atom. The average Bonchev–Trinajstić information content (AvgIpc) is 3.24. The van der Waals surface area contributed by atoms with E-state index in [4.69, 9.17) is 4.74 Å². The second-order valence-corrected chi connectivity index (χ2v) is 9.38. The summed E-state index contributed by atoms with van der Waals surface area (Å²) >= 11 is 0. The number of nitrogens with zero attached hydrogens (tertiary/aromatic N) is 2. The van der Waals surface area contributed by atoms with Crippen LogP contribution in [-0.4, -0.2) is 38.7 Å². The number of allylic oxidation sites excluding steroid dienone is 1. The van der Waals surface area contributed by atoms with Gasteiger partial charge in [0, 0.05) is 30.3 Å². The van der Waals surface area contributed by atoms with E-state index in [0.717, 1.165) is 0 Å². The molecule has 9 nitrogen and oxygen atoms in total. The van der Waals surface area contributed by atoms with Gasteiger partial charge in [0.1, 0.15) is 10.8 Å². The summed E-state index contributed by atoms with van der Waals surface area (Å²) in [6, 6.07) is 13.7. The second kappa shape index (κ2) is 10.0. The Morgan fingerprint density at radius 3 is 2.61 bits per heavy atom. The van der Waals surface area contributed by atoms with Crippen LogP contribution in [0.3, 0.4) is 0 Å². The first-order valence-corrected chi connectivity index (χ1v) is 12.2. The van der Waals surface area contributed by atoms with Crippen LogP contribution < -0.4 is 4.72 Å². The summed E-state index contributed by atoms with van der Waals surface area (Å²) in [7, 11) is -2.84. The van der Waals surface area contributed by atoms with Crippen LogP contribution in [0.5, 0.6) is 0 Å². The van der Waals surface area contributed by atoms with Crippen molar-refractivity contribution >= 4 is 44.8 Å². The zero-order valence-electron chi connectivity index (χ0n) is 19.6. The molecule has 0 bridgehead atoms. The van der Waals surface area contributed by atoms with Gasteiger partial charge in [-0.25, -0.2) is 18.2 Å². The molecule has 1 aliphatic heterocycles. The molecule has 2 aromatic carbocycles. The minimum absolute atomic E-state index is 0.0441. The number of ether oxygens (including phenoxy) is 2. The fraction of sp³-hybridized carbons (Fsp3) is 0.154. The van der Waals surface area contributed by atoms with Crippen LogP contribution in [-0.2, 0) is 29.1 Å². The van der Waals surface area contributed by atoms with Crippen LogP contribution in [0.1, 0.15) is 18.1 Å². The van der Waals surface area contributed by atoms with Gasteiger partial charge in [0.25, 0.3) is 10.0 Å². The number of esters is 2. The molecule has 0 aliphatic carbocycles. The third-order valence-corrected chi connectivity index (χ3v) is 6.77. The summed E-state index contributed by atoms with van der Waals surface area (Å²) in [5.74, 6) is 3.52. The maximum Gasteiger partial charge on any atom is 0.360 e. The van der Waals surface area contributed by atoms with Crippen molar-refractivity contribution in [2.45, 2.75) is 18.7 Å². The van der Waals surface area contributed by atoms with Gasteiger partial charge in [-0.05, 0) is 30.7 Å². The molecule has 10 heteroatoms. The predicted octanol–water partition coefficient (Wildman–Crippen LogP) is 3.34. The van der Waals surface area contributed by atoms with E-state index >= 15 is 0 Å². The number of aliphatic imine (C=N–C) groups is 1. The minimum Gasteiger partial charge on any atom is -0.464 e. The molecule has 3 aromatic rings. The van der Waals surface area contributed by atoms with Crippen LogP contribution in [0.2, 0.25) is 0 Å². The van der Waals surface area contributed by atoms with Crippen LogP contribution >= 0.6 is 0 Å². The molecule has 1 aliphatic rings. The molecule has 1 aromatic heterocycles. The third-order valence-electron chi connectivity index (χ3n) is 5.23. The van der Waals surface area contributed by atoms with Crippen molar-refractivity contribution in [2.24, 2.45) is 10.9 Å². The monoisotopic (exact) mass is 503 g/mol. The average molecular weight is 504 g/mol. The first kappa shape index (κ1) is 24.6. The van der Waals surface area contributed by atoms with E-state index in [-0.39, 0.29) is 22.0 Å². The van der Waals surface area contributed by atoms with E-state index in [9.17, 15) is 18.0 Å². The Bertz CT molecular complexity index is 1610. The highest BCUT2D eigenvalue weighted by Crippen LogP contribution is 2.28. The molecule has 0 fully saturated rings. The molecule has 182 valence electrons. The van der Waals surface area contributed by atoms with Crippen LogP contribution in [0.15, 0.2) is 76.1 Å². The van der Waals surface area contributed by atoms with Gasteiger partial charge in [0.2, 0.25) is 0 Å². The third kappa shape index (κ3) is 4.96. The van der Waals surface area contributed by atoms with Gasteiger partial charge >= 0.3 is 11.9 Å². The Balaban J connectivity index is 1.70. The summed E-state index contributed by atoms with van der Waals surface area (Å²) < 4.78 is 39.3. The van der Waals surface area contributed by atoms with Crippen LogP contribution in [0, 0.1) is 24.7 Å². The Labute approximate surface area is 207 Å². The summed E-state index contributed by atoms with van der Waals surface area (Å²) in [6.07, 6.45) is 2.90. The number of carbonyl (C=O) groups is 2. The number of sulfonamides is 1. The number of anilines is 1. The number of para-hydroxylation sites is 1. The molecule has 4 rings (SSSR count). The van der Waals surface area contributed by atoms with E-state index in [1.54, 1.807) is 55.6 Å². The highest BCUT2D eigenvalue weighted by molar-refractivity contribution is 7.93. The molecule has 2 heterocycles. The maximum absolute atomic E-state index is 13.4. The van der Waals surface area contributed by atoms with E-state index in [1.807, 2.05) is 6.07 Å². The first-order chi connectivity index (χ1) is 17.2. The van der Waals surface area contributed by atoms with Gasteiger partial charge in [0.05, 0.1) is 18.3 Å². The number of benzene rings is 2. The zero-order chi connectivity index (χ0) is 25.9. The zero-order valence-corrected chi connectivity index (χ0v) is 20.4. The predicted molar refractivity (Wildman–Crippen MR) is 133 cm³/mol. The fourth-order valence-corrected chi connectivity index (χ4v) is 5.12. The maximum atomic E-state index is 13.4. The topological polar surface area (TPSA) is 124 Å². The van der Waals surface area contributed by atoms with Crippen LogP contribution in [0.4, 0.5) is 5.69 Å². The summed E-state index contributed by atoms with van der Waals surface area (Å²) in [5, 5.41) is 0.697. The van der Waals surface area contributed by atoms with Gasteiger partial charge in [-0.2, -0.15) is 0 Å². The quantitative estimate of drug-likeness (QED) is 0.418. The molecule has 1 atom stereocenters. The number of methoxy groups -OCH3 is 1. The molecule has 0 unspecified atom stereocenters. The Hall–Kier alpha value is -4.49. The number of pyridine rings is 1. The Morgan fingerprint density at radius 1 is 1.08 bits per heavy atom. The number of aromatic nitrogens is 1. The lowest BCUT2D eigenvalue weighted by Gasteiger charge is -2.13. The first-order valence-electron chi connectivity index (χ1n) is 10.7. The number of carbonyl (C=O) groups excluding carboxylic acids is 2. The number of fused-ring (bicyclic) bond motifs is 1. The van der Waals surface area contributed by atoms with Gasteiger partial charge in [-0.15, -0.1) is 0 Å². The summed E-state index contributed by atoms with van der Waals surface area (Å²) in [6.45, 7) is 2.90. The van der Waals surface area contributed by atoms with Gasteiger partial charge < -0.3 is 9.47 Å². The number of nitrogens with one attached hydrogen (secondary N) is 1. The van der Waals surface area contributed by atoms with E-state index in [0.29, 0.717) is 22.0 Å². The van der Waals surface area contributed by atoms with Gasteiger partial charge in [-0.3, -0.25) is 14.5 Å². The molecule has 0 amide bonds. The second-order valence-electron chi connectivity index (χ2n) is 7.76. The number of hydrogen-bond donors (Lipinski definition) is 1. The van der Waals surface area contributed by atoms with Crippen molar-refractivity contribution in [1.82, 2.24) is 4.98 Å². The van der Waals surface area contributed by atoms with Crippen molar-refractivity contribution in [3.8, 4) is 11.8 Å². The van der Waals surface area contributed by atoms with E-state index < -0.39 is 27.9 Å². The lowest BCUT2D eigenvalue weighted by atomic mass is 10.1. The van der Waals surface area contributed by atoms with Crippen LogP contribution in [0.25, 0.3) is 10.9 Å². The van der Waals surface area contributed by atoms with Crippen molar-refractivity contribution in [1.29, 1.82) is 0 Å². The smallest absolute Gasteiger partial charge is 0.360 e. The molecule has 0 saturated carbocycles. The fourth-order valence-electron chi connectivity index (χ4n) is 3.64. The normalized spacial score (nSPS) is 14.8. The highest BCUT2D eigenvalue weighted by Gasteiger charge is 2.29. The molecule has 0 saturated heterocycles. The van der Waals surface area contributed by atoms with Crippen molar-refractivity contribution in [3.05, 3.63) is 77.3 Å². The minimum atomic E-state index is -4.03. The molecule has 0 spiro atoms. The van der Waals surface area contributed by atoms with E-state index in [2.05, 4.69) is 31.3 Å². The molecule has 1 N–H and O–H groups in total.